The zero-order valence-corrected chi connectivity index (χ0v) is 71.7. The van der Waals surface area contributed by atoms with Crippen molar-refractivity contribution in [2.24, 2.45) is 53.1 Å². The third kappa shape index (κ3) is 33.1. The second-order valence-corrected chi connectivity index (χ2v) is 32.5. The molecule has 2 aliphatic rings. The zero-order valence-electron chi connectivity index (χ0n) is 71.7. The number of nitrogens with zero attached hydrogens (tertiary/aromatic N) is 1. The molecular weight excluding hydrogens is 1500 g/mol. The lowest BCUT2D eigenvalue weighted by Gasteiger charge is -2.34. The van der Waals surface area contributed by atoms with Crippen molar-refractivity contribution in [1.82, 2.24) is 74.0 Å². The van der Waals surface area contributed by atoms with Gasteiger partial charge in [-0.3, -0.25) is 67.1 Å². The smallest absolute Gasteiger partial charge is 0.329 e. The normalized spacial score (nSPS) is 21.5. The number of likely N-dealkylation sites (tertiary alicyclic amines) is 1. The Morgan fingerprint density at radius 3 is 1.72 bits per heavy atom. The number of aliphatic hydroxyl groups excluding tert-OH is 1. The SMILES string of the molecule is C/C=C1\NC(=O)[C@H](Cc2ccccc2)NC(=O)[C@@H](C(C)C)NC(=O)[C@@H]([C@H](C)CC)NC(=O)[C@H](NC(=O)[C@H](NC(=O)[C@H](CCCNC(=O)CCOCCOCCN)NC(=O)[C@H]2CCCN2C(=O)[C@H](NC(=O)[C@@H](NC(=O)[C@@H](NC(=O)[C@H](NC(=O)CCCC(C)C)C(C)C)[C@@H](C)O)C(C)C)C(C)C)[C@H](C)CC)[C@H](C)OC(=O)[C@H](C(C)C)NC1=O. The summed E-state index contributed by atoms with van der Waals surface area (Å²) in [5.41, 5.74) is 5.83. The summed E-state index contributed by atoms with van der Waals surface area (Å²) in [6.45, 7) is 32.6. The summed E-state index contributed by atoms with van der Waals surface area (Å²) in [6.07, 6.45) is 0.415. The maximum Gasteiger partial charge on any atom is 0.329 e. The van der Waals surface area contributed by atoms with Gasteiger partial charge in [-0.25, -0.2) is 4.79 Å². The monoisotopic (exact) mass is 1640 g/mol. The lowest BCUT2D eigenvalue weighted by Crippen LogP contribution is -2.64. The molecule has 2 fully saturated rings. The van der Waals surface area contributed by atoms with Crippen LogP contribution in [0.4, 0.5) is 0 Å². The molecule has 14 amide bonds. The number of hydrogen-bond acceptors (Lipinski definition) is 20. The van der Waals surface area contributed by atoms with Crippen molar-refractivity contribution in [3.8, 4) is 0 Å². The first-order valence-corrected chi connectivity index (χ1v) is 41.3. The van der Waals surface area contributed by atoms with E-state index in [0.29, 0.717) is 37.5 Å². The highest BCUT2D eigenvalue weighted by Crippen LogP contribution is 2.23. The van der Waals surface area contributed by atoms with Crippen LogP contribution in [0.3, 0.4) is 0 Å². The molecule has 116 heavy (non-hydrogen) atoms. The summed E-state index contributed by atoms with van der Waals surface area (Å²) in [5, 5.41) is 46.1. The van der Waals surface area contributed by atoms with Crippen molar-refractivity contribution in [2.75, 3.05) is 46.1 Å². The average Bonchev–Trinajstić information content (AvgIpc) is 1.52. The number of nitrogens with two attached hydrogens (primary N) is 1. The Labute approximate surface area is 684 Å². The number of hydrogen-bond donors (Lipinski definition) is 15. The molecule has 34 nitrogen and oxygen atoms in total. The molecule has 654 valence electrons. The Hall–Kier alpha value is -9.15. The van der Waals surface area contributed by atoms with Crippen LogP contribution in [0.25, 0.3) is 0 Å². The summed E-state index contributed by atoms with van der Waals surface area (Å²) in [5.74, 6) is -16.2. The zero-order chi connectivity index (χ0) is 87.4. The maximum absolute atomic E-state index is 15.3. The van der Waals surface area contributed by atoms with Gasteiger partial charge in [0.25, 0.3) is 5.91 Å². The molecule has 0 unspecified atom stereocenters. The van der Waals surface area contributed by atoms with Gasteiger partial charge in [-0.1, -0.05) is 166 Å². The molecule has 0 bridgehead atoms. The van der Waals surface area contributed by atoms with E-state index in [1.54, 1.807) is 127 Å². The number of cyclic esters (lactones) is 1. The van der Waals surface area contributed by atoms with Crippen LogP contribution in [-0.4, -0.2) is 229 Å². The number of allylic oxidation sites excluding steroid dienone is 1. The van der Waals surface area contributed by atoms with Crippen molar-refractivity contribution >= 4 is 88.7 Å². The number of aliphatic hydroxyl groups is 1. The molecule has 0 saturated carbocycles. The second kappa shape index (κ2) is 51.1. The number of carbonyl (C=O) groups excluding carboxylic acids is 15. The second-order valence-electron chi connectivity index (χ2n) is 32.5. The van der Waals surface area contributed by atoms with Gasteiger partial charge in [0.05, 0.1) is 32.5 Å². The van der Waals surface area contributed by atoms with Gasteiger partial charge in [0.1, 0.15) is 84.3 Å². The lowest BCUT2D eigenvalue weighted by molar-refractivity contribution is -0.157. The number of amides is 14. The van der Waals surface area contributed by atoms with Gasteiger partial charge in [-0.15, -0.1) is 0 Å². The minimum absolute atomic E-state index is 0.0155. The van der Waals surface area contributed by atoms with Gasteiger partial charge < -0.3 is 99.1 Å². The molecule has 0 spiro atoms. The first-order valence-electron chi connectivity index (χ1n) is 41.3. The van der Waals surface area contributed by atoms with Gasteiger partial charge in [0.15, 0.2) is 0 Å². The molecule has 2 heterocycles. The van der Waals surface area contributed by atoms with Crippen LogP contribution in [0.5, 0.6) is 0 Å². The molecule has 0 aromatic heterocycles. The molecule has 2 saturated heterocycles. The molecule has 2 aliphatic heterocycles. The minimum Gasteiger partial charge on any atom is -0.458 e. The van der Waals surface area contributed by atoms with Crippen LogP contribution >= 0.6 is 0 Å². The van der Waals surface area contributed by atoms with E-state index >= 15 is 14.4 Å². The third-order valence-electron chi connectivity index (χ3n) is 20.7. The van der Waals surface area contributed by atoms with Crippen LogP contribution in [0.15, 0.2) is 42.1 Å². The molecule has 34 heteroatoms. The Kier molecular flexibility index (Phi) is 44.5. The summed E-state index contributed by atoms with van der Waals surface area (Å²) >= 11 is 0. The first kappa shape index (κ1) is 101. The van der Waals surface area contributed by atoms with Crippen molar-refractivity contribution < 1.29 is 91.2 Å². The molecule has 3 rings (SSSR count). The largest absolute Gasteiger partial charge is 0.458 e. The van der Waals surface area contributed by atoms with E-state index < -0.39 is 209 Å². The molecule has 1 aromatic rings. The fraction of sp³-hybridized carbons (Fsp3) is 0.720. The summed E-state index contributed by atoms with van der Waals surface area (Å²) in [6, 6.07) is -8.27. The van der Waals surface area contributed by atoms with Crippen molar-refractivity contribution in [3.05, 3.63) is 47.7 Å². The molecule has 0 aliphatic carbocycles. The number of carbonyl (C=O) groups is 15. The van der Waals surface area contributed by atoms with E-state index in [9.17, 15) is 62.6 Å². The predicted molar refractivity (Wildman–Crippen MR) is 435 cm³/mol. The Balaban J connectivity index is 2.10. The molecule has 1 aromatic carbocycles. The van der Waals surface area contributed by atoms with Gasteiger partial charge >= 0.3 is 5.97 Å². The van der Waals surface area contributed by atoms with E-state index in [2.05, 4.69) is 69.1 Å². The minimum atomic E-state index is -1.88. The summed E-state index contributed by atoms with van der Waals surface area (Å²) in [4.78, 5) is 217. The topological polar surface area (TPSA) is 490 Å². The molecular formula is C82H137N15O19. The quantitative estimate of drug-likeness (QED) is 0.0250. The standard InChI is InChI=1S/C82H137N15O19/c1-20-50(16)66(78(109)96-69-53(19)116-82(113)65(49(14)15)92-70(101)55(22-3)85-72(103)57(43-54-30-24-23-25-31-54)87-74(105)62(46(8)9)89-77(108)67(51(17)21-2)94-80(69)111)93-71(102)56(32-27-37-84-59(99)35-39-114-41-42-115-40-36-83)86-73(104)58-33-28-38-97(58)81(112)64(48(12)13)91-76(107)63(47(10)11)90-79(110)68(52(18)98)95-75(106)61(45(6)7)88-60(100)34-26-29-44(4)5/h22-25,30-31,44-53,56-58,61-69,98H,20-21,26-29,32-43,83H2,1-19H3,(H,84,99)(H,85,103)(H,86,104)(H,87,105)(H,88,100)(H,89,108)(H,90,110)(H,91,107)(H,92,101)(H,93,102)(H,94,111)(H,95,106)(H,96,109)/b55-22-/t50-,51-,52-,53+,56+,57+,58-,61-,62-,63+,64-,65+,66-,67-,68+,69-/m1/s1. The van der Waals surface area contributed by atoms with Crippen molar-refractivity contribution in [3.63, 3.8) is 0 Å². The number of nitrogens with one attached hydrogen (secondary N) is 13. The summed E-state index contributed by atoms with van der Waals surface area (Å²) < 4.78 is 16.8. The third-order valence-corrected chi connectivity index (χ3v) is 20.7. The van der Waals surface area contributed by atoms with E-state index in [1.165, 1.54) is 31.7 Å². The number of rotatable bonds is 42. The maximum atomic E-state index is 15.3. The predicted octanol–water partition coefficient (Wildman–Crippen LogP) is 1.38. The Morgan fingerprint density at radius 1 is 0.595 bits per heavy atom. The van der Waals surface area contributed by atoms with Gasteiger partial charge in [0.2, 0.25) is 76.8 Å². The number of benzene rings is 1. The van der Waals surface area contributed by atoms with Crippen molar-refractivity contribution in [1.29, 1.82) is 0 Å². The van der Waals surface area contributed by atoms with E-state index in [0.717, 1.165) is 6.42 Å². The van der Waals surface area contributed by atoms with E-state index in [4.69, 9.17) is 19.9 Å². The highest BCUT2D eigenvalue weighted by Gasteiger charge is 2.45. The molecule has 0 radical (unpaired) electrons. The van der Waals surface area contributed by atoms with E-state index in [1.807, 2.05) is 13.8 Å². The Morgan fingerprint density at radius 2 is 1.16 bits per heavy atom. The van der Waals surface area contributed by atoms with Crippen LogP contribution < -0.4 is 74.9 Å². The molecule has 16 N–H and O–H groups in total. The number of ether oxygens (including phenoxy) is 3. The van der Waals surface area contributed by atoms with Gasteiger partial charge in [-0.05, 0) is 106 Å². The molecule has 16 atom stereocenters. The van der Waals surface area contributed by atoms with Crippen LogP contribution in [0, 0.1) is 47.3 Å². The summed E-state index contributed by atoms with van der Waals surface area (Å²) in [7, 11) is 0. The first-order chi connectivity index (χ1) is 54.6. The van der Waals surface area contributed by atoms with Crippen LogP contribution in [0.1, 0.15) is 201 Å². The average molecular weight is 1640 g/mol. The fourth-order valence-corrected chi connectivity index (χ4v) is 13.0. The highest BCUT2D eigenvalue weighted by atomic mass is 16.5. The van der Waals surface area contributed by atoms with Gasteiger partial charge in [0, 0.05) is 38.9 Å². The fourth-order valence-electron chi connectivity index (χ4n) is 13.0. The van der Waals surface area contributed by atoms with Crippen molar-refractivity contribution in [2.45, 2.75) is 287 Å². The van der Waals surface area contributed by atoms with Crippen LogP contribution in [0.2, 0.25) is 0 Å². The highest BCUT2D eigenvalue weighted by molar-refractivity contribution is 6.03. The van der Waals surface area contributed by atoms with Crippen LogP contribution in [-0.2, 0) is 92.5 Å². The Bertz CT molecular complexity index is 3450. The van der Waals surface area contributed by atoms with Gasteiger partial charge in [-0.2, -0.15) is 0 Å². The van der Waals surface area contributed by atoms with E-state index in [-0.39, 0.29) is 95.9 Å². The lowest BCUT2D eigenvalue weighted by atomic mass is 9.95. The number of esters is 1.